The van der Waals surface area contributed by atoms with Gasteiger partial charge in [0, 0.05) is 5.41 Å². The first-order valence-electron chi connectivity index (χ1n) is 5.74. The number of carbonyl (C=O) groups is 2. The number of hydrogen-bond acceptors (Lipinski definition) is 4. The van der Waals surface area contributed by atoms with E-state index < -0.39 is 29.1 Å². The molecule has 0 rings (SSSR count). The Bertz CT molecular complexity index is 328. The Morgan fingerprint density at radius 2 is 1.72 bits per heavy atom. The lowest BCUT2D eigenvalue weighted by atomic mass is 9.84. The maximum absolute atomic E-state index is 11.7. The summed E-state index contributed by atoms with van der Waals surface area (Å²) < 4.78 is 9.78. The molecule has 0 aliphatic rings. The van der Waals surface area contributed by atoms with Crippen molar-refractivity contribution in [3.63, 3.8) is 0 Å². The largest absolute Gasteiger partial charge is 0.467 e. The Kier molecular flexibility index (Phi) is 5.39. The minimum Gasteiger partial charge on any atom is -0.467 e. The number of esters is 1. The second-order valence-electron chi connectivity index (χ2n) is 5.63. The van der Waals surface area contributed by atoms with Crippen LogP contribution in [0.1, 0.15) is 34.6 Å². The van der Waals surface area contributed by atoms with Crippen LogP contribution in [0.4, 0.5) is 4.79 Å². The topological polar surface area (TPSA) is 64.6 Å². The van der Waals surface area contributed by atoms with Gasteiger partial charge in [-0.1, -0.05) is 19.9 Å². The normalized spacial score (nSPS) is 13.4. The predicted molar refractivity (Wildman–Crippen MR) is 69.2 cm³/mol. The van der Waals surface area contributed by atoms with Crippen LogP contribution in [0.15, 0.2) is 12.7 Å². The summed E-state index contributed by atoms with van der Waals surface area (Å²) in [6.45, 7) is 12.5. The minimum atomic E-state index is -0.838. The molecule has 1 amide bonds. The fourth-order valence-corrected chi connectivity index (χ4v) is 1.21. The Morgan fingerprint density at radius 3 is 2.06 bits per heavy atom. The van der Waals surface area contributed by atoms with Crippen LogP contribution in [0.3, 0.4) is 0 Å². The molecule has 0 radical (unpaired) electrons. The number of methoxy groups -OCH3 is 1. The van der Waals surface area contributed by atoms with Crippen molar-refractivity contribution in [1.29, 1.82) is 0 Å². The van der Waals surface area contributed by atoms with Crippen LogP contribution in [0.5, 0.6) is 0 Å². The number of nitrogens with one attached hydrogen (secondary N) is 1. The van der Waals surface area contributed by atoms with Gasteiger partial charge in [0.15, 0.2) is 0 Å². The third kappa shape index (κ3) is 5.21. The van der Waals surface area contributed by atoms with E-state index in [0.29, 0.717) is 0 Å². The van der Waals surface area contributed by atoms with E-state index in [2.05, 4.69) is 16.6 Å². The van der Waals surface area contributed by atoms with E-state index >= 15 is 0 Å². The van der Waals surface area contributed by atoms with E-state index in [1.807, 2.05) is 0 Å². The zero-order chi connectivity index (χ0) is 14.6. The molecule has 0 fully saturated rings. The van der Waals surface area contributed by atoms with Crippen molar-refractivity contribution in [2.24, 2.45) is 5.41 Å². The lowest BCUT2D eigenvalue weighted by molar-refractivity contribution is -0.145. The molecule has 0 aliphatic carbocycles. The van der Waals surface area contributed by atoms with Crippen molar-refractivity contribution < 1.29 is 19.1 Å². The molecule has 104 valence electrons. The highest BCUT2D eigenvalue weighted by Crippen LogP contribution is 2.23. The summed E-state index contributed by atoms with van der Waals surface area (Å²) in [5.41, 5.74) is -1.26. The summed E-state index contributed by atoms with van der Waals surface area (Å²) in [7, 11) is 1.27. The molecule has 0 spiro atoms. The van der Waals surface area contributed by atoms with E-state index in [1.54, 1.807) is 40.7 Å². The van der Waals surface area contributed by atoms with E-state index in [4.69, 9.17) is 4.74 Å². The van der Waals surface area contributed by atoms with Crippen molar-refractivity contribution in [3.8, 4) is 0 Å². The Labute approximate surface area is 109 Å². The van der Waals surface area contributed by atoms with Gasteiger partial charge >= 0.3 is 12.1 Å². The molecule has 0 saturated heterocycles. The molecule has 5 heteroatoms. The highest BCUT2D eigenvalue weighted by Gasteiger charge is 2.36. The molecule has 0 bridgehead atoms. The molecule has 18 heavy (non-hydrogen) atoms. The maximum atomic E-state index is 11.7. The van der Waals surface area contributed by atoms with Crippen molar-refractivity contribution >= 4 is 12.1 Å². The van der Waals surface area contributed by atoms with Gasteiger partial charge in [0.1, 0.15) is 11.6 Å². The van der Waals surface area contributed by atoms with E-state index in [0.717, 1.165) is 0 Å². The number of alkyl carbamates (subject to hydrolysis) is 1. The predicted octanol–water partition coefficient (Wildman–Crippen LogP) is 2.26. The van der Waals surface area contributed by atoms with Gasteiger partial charge < -0.3 is 14.8 Å². The molecule has 0 saturated carbocycles. The summed E-state index contributed by atoms with van der Waals surface area (Å²) >= 11 is 0. The van der Waals surface area contributed by atoms with Gasteiger partial charge in [-0.15, -0.1) is 6.58 Å². The number of hydrogen-bond donors (Lipinski definition) is 1. The summed E-state index contributed by atoms with van der Waals surface area (Å²) in [4.78, 5) is 23.4. The molecule has 0 aromatic heterocycles. The quantitative estimate of drug-likeness (QED) is 0.620. The molecule has 0 unspecified atom stereocenters. The lowest BCUT2D eigenvalue weighted by Crippen LogP contribution is -2.51. The SMILES string of the molecule is C=CC(C)(C)[C@@H](NC(=O)OC(C)(C)C)C(=O)OC. The fraction of sp³-hybridized carbons (Fsp3) is 0.692. The fourth-order valence-electron chi connectivity index (χ4n) is 1.21. The molecule has 0 aliphatic heterocycles. The first-order chi connectivity index (χ1) is 8.03. The van der Waals surface area contributed by atoms with Crippen molar-refractivity contribution in [1.82, 2.24) is 5.32 Å². The van der Waals surface area contributed by atoms with E-state index in [9.17, 15) is 9.59 Å². The molecule has 0 aromatic rings. The van der Waals surface area contributed by atoms with Crippen LogP contribution in [0.2, 0.25) is 0 Å². The van der Waals surface area contributed by atoms with Crippen LogP contribution in [-0.2, 0) is 14.3 Å². The van der Waals surface area contributed by atoms with Crippen molar-refractivity contribution in [3.05, 3.63) is 12.7 Å². The standard InChI is InChI=1S/C13H23NO4/c1-8-13(5,6)9(10(15)17-7)14-11(16)18-12(2,3)4/h8-9H,1H2,2-7H3,(H,14,16)/t9-/m0/s1. The van der Waals surface area contributed by atoms with Gasteiger partial charge in [-0.2, -0.15) is 0 Å². The van der Waals surface area contributed by atoms with Crippen molar-refractivity contribution in [2.45, 2.75) is 46.3 Å². The monoisotopic (exact) mass is 257 g/mol. The summed E-state index contributed by atoms with van der Waals surface area (Å²) in [5, 5.41) is 2.51. The molecule has 1 atom stereocenters. The van der Waals surface area contributed by atoms with Crippen LogP contribution >= 0.6 is 0 Å². The van der Waals surface area contributed by atoms with Crippen molar-refractivity contribution in [2.75, 3.05) is 7.11 Å². The highest BCUT2D eigenvalue weighted by atomic mass is 16.6. The zero-order valence-electron chi connectivity index (χ0n) is 12.0. The molecular formula is C13H23NO4. The minimum absolute atomic E-state index is 0.536. The van der Waals surface area contributed by atoms with Crippen LogP contribution in [0.25, 0.3) is 0 Å². The van der Waals surface area contributed by atoms with E-state index in [-0.39, 0.29) is 0 Å². The summed E-state index contributed by atoms with van der Waals surface area (Å²) in [6, 6.07) is -0.838. The number of amides is 1. The van der Waals surface area contributed by atoms with Crippen LogP contribution in [0, 0.1) is 5.41 Å². The molecular weight excluding hydrogens is 234 g/mol. The first-order valence-corrected chi connectivity index (χ1v) is 5.74. The number of carbonyl (C=O) groups excluding carboxylic acids is 2. The number of rotatable bonds is 4. The zero-order valence-corrected chi connectivity index (χ0v) is 12.0. The second kappa shape index (κ2) is 5.89. The molecule has 5 nitrogen and oxygen atoms in total. The van der Waals surface area contributed by atoms with Gasteiger partial charge in [-0.05, 0) is 20.8 Å². The molecule has 0 aromatic carbocycles. The maximum Gasteiger partial charge on any atom is 0.408 e. The van der Waals surface area contributed by atoms with Crippen LogP contribution in [-0.4, -0.2) is 30.8 Å². The van der Waals surface area contributed by atoms with Gasteiger partial charge in [0.25, 0.3) is 0 Å². The van der Waals surface area contributed by atoms with Gasteiger partial charge in [-0.3, -0.25) is 0 Å². The second-order valence-corrected chi connectivity index (χ2v) is 5.63. The molecule has 0 heterocycles. The van der Waals surface area contributed by atoms with Crippen LogP contribution < -0.4 is 5.32 Å². The highest BCUT2D eigenvalue weighted by molar-refractivity contribution is 5.82. The smallest absolute Gasteiger partial charge is 0.408 e. The Balaban J connectivity index is 4.88. The van der Waals surface area contributed by atoms with Gasteiger partial charge in [-0.25, -0.2) is 9.59 Å². The summed E-state index contributed by atoms with van der Waals surface area (Å²) in [5.74, 6) is -0.536. The third-order valence-electron chi connectivity index (χ3n) is 2.37. The Hall–Kier alpha value is -1.52. The first kappa shape index (κ1) is 16.5. The summed E-state index contributed by atoms with van der Waals surface area (Å²) in [6.07, 6.45) is 0.930. The van der Waals surface area contributed by atoms with E-state index in [1.165, 1.54) is 7.11 Å². The lowest BCUT2D eigenvalue weighted by Gasteiger charge is -2.30. The van der Waals surface area contributed by atoms with Gasteiger partial charge in [0.2, 0.25) is 0 Å². The third-order valence-corrected chi connectivity index (χ3v) is 2.37. The average molecular weight is 257 g/mol. The number of ether oxygens (including phenoxy) is 2. The Morgan fingerprint density at radius 1 is 1.22 bits per heavy atom. The van der Waals surface area contributed by atoms with Gasteiger partial charge in [0.05, 0.1) is 7.11 Å². The average Bonchev–Trinajstić information content (AvgIpc) is 2.22. The molecule has 1 N–H and O–H groups in total.